The van der Waals surface area contributed by atoms with Gasteiger partial charge in [-0.25, -0.2) is 0 Å². The van der Waals surface area contributed by atoms with E-state index in [1.54, 1.807) is 36.4 Å². The second-order valence-corrected chi connectivity index (χ2v) is 7.13. The fourth-order valence-electron chi connectivity index (χ4n) is 2.93. The molecule has 5 nitrogen and oxygen atoms in total. The number of anilines is 1. The lowest BCUT2D eigenvalue weighted by Crippen LogP contribution is -2.50. The molecule has 128 valence electrons. The lowest BCUT2D eigenvalue weighted by atomic mass is 10.0. The first-order valence-corrected chi connectivity index (χ1v) is 8.73. The van der Waals surface area contributed by atoms with E-state index in [1.807, 2.05) is 26.0 Å². The highest BCUT2D eigenvalue weighted by molar-refractivity contribution is 9.10. The molecule has 0 saturated carbocycles. The third-order valence-electron chi connectivity index (χ3n) is 4.12. The number of halogens is 1. The molecule has 0 saturated heterocycles. The number of amides is 3. The highest BCUT2D eigenvalue weighted by Gasteiger charge is 2.43. The largest absolute Gasteiger partial charge is 0.324 e. The zero-order valence-corrected chi connectivity index (χ0v) is 15.4. The van der Waals surface area contributed by atoms with Crippen LogP contribution in [-0.2, 0) is 4.79 Å². The van der Waals surface area contributed by atoms with Crippen LogP contribution in [0, 0.1) is 5.92 Å². The molecule has 1 heterocycles. The predicted octanol–water partition coefficient (Wildman–Crippen LogP) is 3.71. The average molecular weight is 401 g/mol. The zero-order valence-electron chi connectivity index (χ0n) is 13.8. The van der Waals surface area contributed by atoms with E-state index in [1.165, 1.54) is 0 Å². The first-order valence-electron chi connectivity index (χ1n) is 7.93. The molecule has 2 aromatic rings. The van der Waals surface area contributed by atoms with Gasteiger partial charge in [0.25, 0.3) is 11.8 Å². The molecule has 0 aromatic heterocycles. The number of fused-ring (bicyclic) bond motifs is 1. The van der Waals surface area contributed by atoms with E-state index < -0.39 is 17.9 Å². The molecule has 1 atom stereocenters. The molecular formula is C19H17BrN2O3. The van der Waals surface area contributed by atoms with Gasteiger partial charge in [-0.1, -0.05) is 41.9 Å². The third-order valence-corrected chi connectivity index (χ3v) is 4.64. The molecule has 1 aliphatic heterocycles. The molecule has 0 aliphatic carbocycles. The Morgan fingerprint density at radius 3 is 1.96 bits per heavy atom. The molecule has 3 amide bonds. The van der Waals surface area contributed by atoms with Crippen molar-refractivity contribution in [3.05, 3.63) is 64.1 Å². The topological polar surface area (TPSA) is 66.5 Å². The maximum absolute atomic E-state index is 12.8. The van der Waals surface area contributed by atoms with Crippen molar-refractivity contribution in [2.45, 2.75) is 19.9 Å². The SMILES string of the molecule is CC(C)[C@H](C(=O)Nc1ccc(Br)cc1)N1C(=O)c2ccccc2C1=O. The van der Waals surface area contributed by atoms with Crippen molar-refractivity contribution < 1.29 is 14.4 Å². The predicted molar refractivity (Wildman–Crippen MR) is 98.3 cm³/mol. The van der Waals surface area contributed by atoms with Gasteiger partial charge in [0.05, 0.1) is 11.1 Å². The van der Waals surface area contributed by atoms with Crippen LogP contribution < -0.4 is 5.32 Å². The Hall–Kier alpha value is -2.47. The van der Waals surface area contributed by atoms with Crippen LogP contribution in [-0.4, -0.2) is 28.7 Å². The lowest BCUT2D eigenvalue weighted by Gasteiger charge is -2.28. The van der Waals surface area contributed by atoms with Gasteiger partial charge in [0.2, 0.25) is 5.91 Å². The first kappa shape index (κ1) is 17.4. The van der Waals surface area contributed by atoms with E-state index in [9.17, 15) is 14.4 Å². The number of benzene rings is 2. The fraction of sp³-hybridized carbons (Fsp3) is 0.211. The summed E-state index contributed by atoms with van der Waals surface area (Å²) in [5.74, 6) is -1.46. The third kappa shape index (κ3) is 3.22. The standard InChI is InChI=1S/C19H17BrN2O3/c1-11(2)16(17(23)21-13-9-7-12(20)8-10-13)22-18(24)14-5-3-4-6-15(14)19(22)25/h3-11,16H,1-2H3,(H,21,23)/t16-/m1/s1. The van der Waals surface area contributed by atoms with Gasteiger partial charge in [-0.15, -0.1) is 0 Å². The van der Waals surface area contributed by atoms with Crippen molar-refractivity contribution in [2.24, 2.45) is 5.92 Å². The minimum absolute atomic E-state index is 0.224. The summed E-state index contributed by atoms with van der Waals surface area (Å²) in [7, 11) is 0. The van der Waals surface area contributed by atoms with Gasteiger partial charge in [0, 0.05) is 10.2 Å². The summed E-state index contributed by atoms with van der Waals surface area (Å²) in [6, 6.07) is 12.9. The van der Waals surface area contributed by atoms with Crippen LogP contribution in [0.2, 0.25) is 0 Å². The smallest absolute Gasteiger partial charge is 0.262 e. The second kappa shape index (κ2) is 6.80. The number of hydrogen-bond donors (Lipinski definition) is 1. The van der Waals surface area contributed by atoms with E-state index >= 15 is 0 Å². The summed E-state index contributed by atoms with van der Waals surface area (Å²) in [6.07, 6.45) is 0. The highest BCUT2D eigenvalue weighted by Crippen LogP contribution is 2.28. The molecule has 25 heavy (non-hydrogen) atoms. The minimum atomic E-state index is -0.879. The molecule has 1 N–H and O–H groups in total. The zero-order chi connectivity index (χ0) is 18.1. The van der Waals surface area contributed by atoms with Gasteiger partial charge in [-0.3, -0.25) is 19.3 Å². The quantitative estimate of drug-likeness (QED) is 0.795. The van der Waals surface area contributed by atoms with Crippen molar-refractivity contribution in [3.8, 4) is 0 Å². The van der Waals surface area contributed by atoms with Crippen LogP contribution in [0.15, 0.2) is 53.0 Å². The molecule has 0 radical (unpaired) electrons. The van der Waals surface area contributed by atoms with Gasteiger partial charge < -0.3 is 5.32 Å². The van der Waals surface area contributed by atoms with Gasteiger partial charge in [-0.2, -0.15) is 0 Å². The maximum Gasteiger partial charge on any atom is 0.262 e. The number of carbonyl (C=O) groups excluding carboxylic acids is 3. The Morgan fingerprint density at radius 2 is 1.48 bits per heavy atom. The van der Waals surface area contributed by atoms with E-state index in [2.05, 4.69) is 21.2 Å². The number of carbonyl (C=O) groups is 3. The normalized spacial score (nSPS) is 14.6. The summed E-state index contributed by atoms with van der Waals surface area (Å²) in [4.78, 5) is 39.2. The monoisotopic (exact) mass is 400 g/mol. The Morgan fingerprint density at radius 1 is 0.960 bits per heavy atom. The molecular weight excluding hydrogens is 384 g/mol. The summed E-state index contributed by atoms with van der Waals surface area (Å²) in [5.41, 5.74) is 1.29. The van der Waals surface area contributed by atoms with Crippen LogP contribution in [0.25, 0.3) is 0 Å². The highest BCUT2D eigenvalue weighted by atomic mass is 79.9. The van der Waals surface area contributed by atoms with Crippen molar-refractivity contribution in [3.63, 3.8) is 0 Å². The maximum atomic E-state index is 12.8. The summed E-state index contributed by atoms with van der Waals surface area (Å²) < 4.78 is 0.895. The Bertz CT molecular complexity index is 811. The summed E-state index contributed by atoms with van der Waals surface area (Å²) in [6.45, 7) is 3.63. The number of nitrogens with zero attached hydrogens (tertiary/aromatic N) is 1. The Balaban J connectivity index is 1.89. The first-order chi connectivity index (χ1) is 11.9. The summed E-state index contributed by atoms with van der Waals surface area (Å²) in [5, 5.41) is 2.79. The van der Waals surface area contributed by atoms with Crippen molar-refractivity contribution in [2.75, 3.05) is 5.32 Å². The van der Waals surface area contributed by atoms with Crippen LogP contribution in [0.1, 0.15) is 34.6 Å². The van der Waals surface area contributed by atoms with Gasteiger partial charge in [0.15, 0.2) is 0 Å². The molecule has 0 unspecified atom stereocenters. The number of rotatable bonds is 4. The molecule has 6 heteroatoms. The Labute approximate surface area is 154 Å². The Kier molecular flexibility index (Phi) is 4.72. The molecule has 1 aliphatic rings. The van der Waals surface area contributed by atoms with E-state index in [0.717, 1.165) is 9.37 Å². The van der Waals surface area contributed by atoms with Gasteiger partial charge >= 0.3 is 0 Å². The number of hydrogen-bond acceptors (Lipinski definition) is 3. The molecule has 2 aromatic carbocycles. The van der Waals surface area contributed by atoms with Crippen molar-refractivity contribution >= 4 is 39.3 Å². The van der Waals surface area contributed by atoms with Crippen molar-refractivity contribution in [1.82, 2.24) is 4.90 Å². The molecule has 0 fully saturated rings. The van der Waals surface area contributed by atoms with Crippen LogP contribution in [0.4, 0.5) is 5.69 Å². The van der Waals surface area contributed by atoms with Gasteiger partial charge in [0.1, 0.15) is 6.04 Å². The summed E-state index contributed by atoms with van der Waals surface area (Å²) >= 11 is 3.34. The number of imide groups is 1. The molecule has 0 spiro atoms. The van der Waals surface area contributed by atoms with Crippen molar-refractivity contribution in [1.29, 1.82) is 0 Å². The fourth-order valence-corrected chi connectivity index (χ4v) is 3.19. The van der Waals surface area contributed by atoms with Crippen LogP contribution in [0.3, 0.4) is 0 Å². The van der Waals surface area contributed by atoms with Crippen LogP contribution >= 0.6 is 15.9 Å². The second-order valence-electron chi connectivity index (χ2n) is 6.21. The van der Waals surface area contributed by atoms with Gasteiger partial charge in [-0.05, 0) is 42.3 Å². The molecule has 3 rings (SSSR count). The molecule has 0 bridgehead atoms. The number of nitrogens with one attached hydrogen (secondary N) is 1. The lowest BCUT2D eigenvalue weighted by molar-refractivity contribution is -0.121. The van der Waals surface area contributed by atoms with E-state index in [4.69, 9.17) is 0 Å². The van der Waals surface area contributed by atoms with Crippen LogP contribution in [0.5, 0.6) is 0 Å². The van der Waals surface area contributed by atoms with E-state index in [0.29, 0.717) is 16.8 Å². The van der Waals surface area contributed by atoms with E-state index in [-0.39, 0.29) is 11.8 Å². The average Bonchev–Trinajstić information content (AvgIpc) is 2.83. The minimum Gasteiger partial charge on any atom is -0.324 e.